The first-order valence-corrected chi connectivity index (χ1v) is 7.15. The number of anilines is 1. The molecule has 1 aromatic carbocycles. The van der Waals surface area contributed by atoms with Crippen LogP contribution >= 0.6 is 0 Å². The van der Waals surface area contributed by atoms with Crippen LogP contribution in [0.3, 0.4) is 0 Å². The minimum atomic E-state index is -4.48. The molecule has 8 heteroatoms. The Morgan fingerprint density at radius 3 is 2.39 bits per heavy atom. The molecule has 0 saturated heterocycles. The molecule has 0 unspecified atom stereocenters. The van der Waals surface area contributed by atoms with Crippen molar-refractivity contribution < 1.29 is 27.5 Å². The number of alkyl halides is 3. The summed E-state index contributed by atoms with van der Waals surface area (Å²) in [5.41, 5.74) is 0.830. The fourth-order valence-corrected chi connectivity index (χ4v) is 1.74. The summed E-state index contributed by atoms with van der Waals surface area (Å²) >= 11 is 0. The molecule has 0 aromatic heterocycles. The first-order valence-electron chi connectivity index (χ1n) is 7.15. The van der Waals surface area contributed by atoms with Gasteiger partial charge in [-0.1, -0.05) is 0 Å². The number of benzene rings is 1. The normalized spacial score (nSPS) is 15.8. The minimum Gasteiger partial charge on any atom is -0.359 e. The first-order chi connectivity index (χ1) is 10.7. The van der Waals surface area contributed by atoms with Gasteiger partial charge in [0.25, 0.3) is 11.8 Å². The molecule has 2 amide bonds. The van der Waals surface area contributed by atoms with Crippen LogP contribution in [0.15, 0.2) is 24.3 Å². The SMILES string of the molecule is C[C@H](OCC(F)(F)F)C(=O)Nc1ccc(C(=O)NC2CC2)cc1. The van der Waals surface area contributed by atoms with E-state index < -0.39 is 24.8 Å². The van der Waals surface area contributed by atoms with Crippen LogP contribution in [0.5, 0.6) is 0 Å². The molecule has 0 aliphatic heterocycles. The Labute approximate surface area is 131 Å². The molecular formula is C15H17F3N2O3. The highest BCUT2D eigenvalue weighted by Crippen LogP contribution is 2.20. The molecule has 1 aromatic rings. The Kier molecular flexibility index (Phi) is 5.25. The van der Waals surface area contributed by atoms with E-state index >= 15 is 0 Å². The van der Waals surface area contributed by atoms with Gasteiger partial charge in [-0.05, 0) is 44.0 Å². The fourth-order valence-electron chi connectivity index (χ4n) is 1.74. The van der Waals surface area contributed by atoms with Gasteiger partial charge in [-0.3, -0.25) is 9.59 Å². The van der Waals surface area contributed by atoms with Crippen LogP contribution in [0, 0.1) is 0 Å². The highest BCUT2D eigenvalue weighted by Gasteiger charge is 2.30. The Balaban J connectivity index is 1.84. The van der Waals surface area contributed by atoms with E-state index in [2.05, 4.69) is 15.4 Å². The molecule has 0 radical (unpaired) electrons. The van der Waals surface area contributed by atoms with Crippen molar-refractivity contribution in [1.29, 1.82) is 0 Å². The van der Waals surface area contributed by atoms with Crippen LogP contribution < -0.4 is 10.6 Å². The molecule has 1 atom stereocenters. The van der Waals surface area contributed by atoms with Crippen LogP contribution in [0.1, 0.15) is 30.1 Å². The third-order valence-corrected chi connectivity index (χ3v) is 3.19. The van der Waals surface area contributed by atoms with Crippen molar-refractivity contribution in [3.8, 4) is 0 Å². The minimum absolute atomic E-state index is 0.188. The van der Waals surface area contributed by atoms with Gasteiger partial charge in [0, 0.05) is 17.3 Å². The van der Waals surface area contributed by atoms with Crippen molar-refractivity contribution in [2.45, 2.75) is 38.1 Å². The summed E-state index contributed by atoms with van der Waals surface area (Å²) in [5.74, 6) is -0.878. The lowest BCUT2D eigenvalue weighted by atomic mass is 10.2. The summed E-state index contributed by atoms with van der Waals surface area (Å²) in [6.07, 6.45) is -3.76. The van der Waals surface area contributed by atoms with Crippen molar-refractivity contribution in [2.75, 3.05) is 11.9 Å². The molecule has 126 valence electrons. The van der Waals surface area contributed by atoms with Crippen LogP contribution in [-0.4, -0.2) is 36.7 Å². The number of carbonyl (C=O) groups excluding carboxylic acids is 2. The van der Waals surface area contributed by atoms with Gasteiger partial charge < -0.3 is 15.4 Å². The summed E-state index contributed by atoms with van der Waals surface area (Å²) in [6, 6.07) is 6.34. The first kappa shape index (κ1) is 17.3. The fraction of sp³-hybridized carbons (Fsp3) is 0.467. The zero-order valence-corrected chi connectivity index (χ0v) is 12.4. The van der Waals surface area contributed by atoms with E-state index in [-0.39, 0.29) is 11.9 Å². The van der Waals surface area contributed by atoms with Crippen molar-refractivity contribution in [3.63, 3.8) is 0 Å². The van der Waals surface area contributed by atoms with Gasteiger partial charge in [0.1, 0.15) is 12.7 Å². The van der Waals surface area contributed by atoms with Crippen molar-refractivity contribution in [2.24, 2.45) is 0 Å². The number of halogens is 3. The van der Waals surface area contributed by atoms with Crippen molar-refractivity contribution in [3.05, 3.63) is 29.8 Å². The molecule has 23 heavy (non-hydrogen) atoms. The van der Waals surface area contributed by atoms with Crippen molar-refractivity contribution in [1.82, 2.24) is 5.32 Å². The van der Waals surface area contributed by atoms with E-state index in [9.17, 15) is 22.8 Å². The quantitative estimate of drug-likeness (QED) is 0.842. The van der Waals surface area contributed by atoms with E-state index in [1.807, 2.05) is 0 Å². The largest absolute Gasteiger partial charge is 0.411 e. The summed E-state index contributed by atoms with van der Waals surface area (Å²) < 4.78 is 40.5. The highest BCUT2D eigenvalue weighted by molar-refractivity contribution is 5.96. The number of amides is 2. The maximum Gasteiger partial charge on any atom is 0.411 e. The number of nitrogens with one attached hydrogen (secondary N) is 2. The molecular weight excluding hydrogens is 313 g/mol. The van der Waals surface area contributed by atoms with Gasteiger partial charge in [0.2, 0.25) is 0 Å². The maximum atomic E-state index is 12.0. The molecule has 1 aliphatic rings. The van der Waals surface area contributed by atoms with Crippen molar-refractivity contribution >= 4 is 17.5 Å². The van der Waals surface area contributed by atoms with E-state index in [1.165, 1.54) is 31.2 Å². The second-order valence-electron chi connectivity index (χ2n) is 5.38. The summed E-state index contributed by atoms with van der Waals surface area (Å²) in [5, 5.41) is 5.26. The molecule has 5 nitrogen and oxygen atoms in total. The lowest BCUT2D eigenvalue weighted by Crippen LogP contribution is -2.31. The molecule has 1 saturated carbocycles. The lowest BCUT2D eigenvalue weighted by Gasteiger charge is -2.14. The maximum absolute atomic E-state index is 12.0. The van der Waals surface area contributed by atoms with E-state index in [1.54, 1.807) is 0 Å². The second kappa shape index (κ2) is 6.99. The highest BCUT2D eigenvalue weighted by atomic mass is 19.4. The molecule has 0 spiro atoms. The molecule has 0 bridgehead atoms. The number of carbonyl (C=O) groups is 2. The third-order valence-electron chi connectivity index (χ3n) is 3.19. The lowest BCUT2D eigenvalue weighted by molar-refractivity contribution is -0.184. The molecule has 1 aliphatic carbocycles. The van der Waals surface area contributed by atoms with E-state index in [0.717, 1.165) is 12.8 Å². The van der Waals surface area contributed by atoms with Gasteiger partial charge in [-0.15, -0.1) is 0 Å². The predicted octanol–water partition coefficient (Wildman–Crippen LogP) is 2.48. The number of hydrogen-bond donors (Lipinski definition) is 2. The van der Waals surface area contributed by atoms with Crippen LogP contribution in [0.4, 0.5) is 18.9 Å². The second-order valence-corrected chi connectivity index (χ2v) is 5.38. The molecule has 0 heterocycles. The number of ether oxygens (including phenoxy) is 1. The van der Waals surface area contributed by atoms with Gasteiger partial charge in [0.15, 0.2) is 0 Å². The van der Waals surface area contributed by atoms with Gasteiger partial charge >= 0.3 is 6.18 Å². The average molecular weight is 330 g/mol. The van der Waals surface area contributed by atoms with Crippen LogP contribution in [-0.2, 0) is 9.53 Å². The Morgan fingerprint density at radius 1 is 1.26 bits per heavy atom. The zero-order valence-electron chi connectivity index (χ0n) is 12.4. The van der Waals surface area contributed by atoms with Crippen LogP contribution in [0.2, 0.25) is 0 Å². The number of hydrogen-bond acceptors (Lipinski definition) is 3. The number of rotatable bonds is 6. The van der Waals surface area contributed by atoms with E-state index in [0.29, 0.717) is 11.3 Å². The topological polar surface area (TPSA) is 67.4 Å². The van der Waals surface area contributed by atoms with E-state index in [4.69, 9.17) is 0 Å². The van der Waals surface area contributed by atoms with Gasteiger partial charge in [-0.25, -0.2) is 0 Å². The zero-order chi connectivity index (χ0) is 17.0. The predicted molar refractivity (Wildman–Crippen MR) is 77.0 cm³/mol. The molecule has 1 fully saturated rings. The monoisotopic (exact) mass is 330 g/mol. The molecule has 2 N–H and O–H groups in total. The summed E-state index contributed by atoms with van der Waals surface area (Å²) in [6.45, 7) is -0.250. The smallest absolute Gasteiger partial charge is 0.359 e. The Bertz CT molecular complexity index is 568. The summed E-state index contributed by atoms with van der Waals surface area (Å²) in [4.78, 5) is 23.5. The van der Waals surface area contributed by atoms with Gasteiger partial charge in [0.05, 0.1) is 0 Å². The third kappa shape index (κ3) is 5.90. The standard InChI is InChI=1S/C15H17F3N2O3/c1-9(23-8-15(16,17)18)13(21)19-11-4-2-10(3-5-11)14(22)20-12-6-7-12/h2-5,9,12H,6-8H2,1H3,(H,19,21)(H,20,22)/t9-/m0/s1. The van der Waals surface area contributed by atoms with Gasteiger partial charge in [-0.2, -0.15) is 13.2 Å². The Morgan fingerprint density at radius 2 is 1.87 bits per heavy atom. The summed E-state index contributed by atoms with van der Waals surface area (Å²) in [7, 11) is 0. The Hall–Kier alpha value is -2.09. The average Bonchev–Trinajstić information content (AvgIpc) is 3.28. The molecule has 2 rings (SSSR count). The van der Waals surface area contributed by atoms with Crippen LogP contribution in [0.25, 0.3) is 0 Å².